The van der Waals surface area contributed by atoms with Gasteiger partial charge in [0.25, 0.3) is 5.79 Å². The highest BCUT2D eigenvalue weighted by Gasteiger charge is 2.55. The first-order chi connectivity index (χ1) is 24.5. The van der Waals surface area contributed by atoms with Gasteiger partial charge in [-0.05, 0) is 45.5 Å². The molecule has 0 bridgehead atoms. The summed E-state index contributed by atoms with van der Waals surface area (Å²) in [5, 5.41) is 67.0. The molecule has 4 aromatic carbocycles. The quantitative estimate of drug-likeness (QED) is 0.0948. The summed E-state index contributed by atoms with van der Waals surface area (Å²) in [6.07, 6.45) is -7.82. The summed E-state index contributed by atoms with van der Waals surface area (Å²) < 4.78 is 11.6. The van der Waals surface area contributed by atoms with E-state index in [9.17, 15) is 45.0 Å². The monoisotopic (exact) mass is 700 g/mol. The lowest BCUT2D eigenvalue weighted by Crippen LogP contribution is -2.68. The van der Waals surface area contributed by atoms with E-state index in [2.05, 4.69) is 10.6 Å². The molecule has 4 aromatic rings. The third-order valence-electron chi connectivity index (χ3n) is 8.66. The van der Waals surface area contributed by atoms with E-state index in [1.54, 1.807) is 48.5 Å². The molecule has 1 aliphatic rings. The molecule has 1 unspecified atom stereocenters. The highest BCUT2D eigenvalue weighted by Crippen LogP contribution is 2.34. The van der Waals surface area contributed by atoms with Crippen molar-refractivity contribution < 1.29 is 54.5 Å². The first kappa shape index (κ1) is 37.1. The molecule has 8 N–H and O–H groups in total. The number of carbonyl (C=O) groups is 3. The maximum absolute atomic E-state index is 12.7. The maximum Gasteiger partial charge on any atom is 0.364 e. The lowest BCUT2D eigenvalue weighted by molar-refractivity contribution is -0.314. The predicted octanol–water partition coefficient (Wildman–Crippen LogP) is 1.73. The summed E-state index contributed by atoms with van der Waals surface area (Å²) in [5.41, 5.74) is 4.89. The molecule has 1 aliphatic heterocycles. The number of hydrogen-bond acceptors (Lipinski definition) is 10. The summed E-state index contributed by atoms with van der Waals surface area (Å²) >= 11 is 0. The van der Waals surface area contributed by atoms with Gasteiger partial charge in [0.05, 0.1) is 31.3 Å². The van der Waals surface area contributed by atoms with Crippen LogP contribution in [0.4, 0.5) is 0 Å². The number of aliphatic hydroxyl groups excluding tert-OH is 4. The van der Waals surface area contributed by atoms with Crippen LogP contribution in [-0.2, 0) is 36.9 Å². The number of aliphatic hydroxyl groups is 4. The molecule has 1 heterocycles. The van der Waals surface area contributed by atoms with Crippen LogP contribution in [0.15, 0.2) is 103 Å². The first-order valence-electron chi connectivity index (χ1n) is 16.3. The van der Waals surface area contributed by atoms with Crippen LogP contribution in [0.5, 0.6) is 5.75 Å². The minimum absolute atomic E-state index is 0.0607. The normalized spacial score (nSPS) is 21.3. The van der Waals surface area contributed by atoms with E-state index in [0.29, 0.717) is 11.1 Å². The number of amides is 2. The minimum Gasteiger partial charge on any atom is -0.508 e. The summed E-state index contributed by atoms with van der Waals surface area (Å²) in [6, 6.07) is 29.1. The number of ether oxygens (including phenoxy) is 2. The van der Waals surface area contributed by atoms with E-state index in [1.165, 1.54) is 0 Å². The molecule has 0 aromatic heterocycles. The summed E-state index contributed by atoms with van der Waals surface area (Å²) in [4.78, 5) is 37.5. The average molecular weight is 701 g/mol. The highest BCUT2D eigenvalue weighted by atomic mass is 16.7. The topological polar surface area (TPSA) is 215 Å². The van der Waals surface area contributed by atoms with Gasteiger partial charge in [-0.15, -0.1) is 0 Å². The van der Waals surface area contributed by atoms with Crippen molar-refractivity contribution in [2.24, 2.45) is 0 Å². The van der Waals surface area contributed by atoms with Crippen LogP contribution in [0.3, 0.4) is 0 Å². The van der Waals surface area contributed by atoms with E-state index in [4.69, 9.17) is 9.47 Å². The smallest absolute Gasteiger partial charge is 0.364 e. The number of carboxylic acids is 1. The van der Waals surface area contributed by atoms with Gasteiger partial charge < -0.3 is 50.7 Å². The molecule has 0 aliphatic carbocycles. The zero-order chi connectivity index (χ0) is 36.5. The molecule has 6 atom stereocenters. The van der Waals surface area contributed by atoms with Gasteiger partial charge in [0.1, 0.15) is 24.6 Å². The van der Waals surface area contributed by atoms with Crippen molar-refractivity contribution in [1.82, 2.24) is 10.6 Å². The molecular formula is C38H40N2O11. The Morgan fingerprint density at radius 2 is 1.35 bits per heavy atom. The lowest BCUT2D eigenvalue weighted by atomic mass is 9.88. The largest absolute Gasteiger partial charge is 0.508 e. The van der Waals surface area contributed by atoms with Gasteiger partial charge in [-0.3, -0.25) is 9.59 Å². The van der Waals surface area contributed by atoms with Crippen molar-refractivity contribution in [3.05, 3.63) is 114 Å². The number of rotatable bonds is 14. The second-order valence-electron chi connectivity index (χ2n) is 12.3. The number of phenolic OH excluding ortho intramolecular Hbond substituents is 1. The van der Waals surface area contributed by atoms with Gasteiger partial charge in [-0.1, -0.05) is 91.0 Å². The lowest BCUT2D eigenvalue weighted by Gasteiger charge is -2.46. The molecule has 1 saturated heterocycles. The Hall–Kier alpha value is -5.15. The van der Waals surface area contributed by atoms with Gasteiger partial charge in [0.15, 0.2) is 0 Å². The fourth-order valence-corrected chi connectivity index (χ4v) is 5.85. The molecule has 0 radical (unpaired) electrons. The Balaban J connectivity index is 1.24. The van der Waals surface area contributed by atoms with Crippen LogP contribution in [0.2, 0.25) is 0 Å². The van der Waals surface area contributed by atoms with Crippen LogP contribution in [0, 0.1) is 0 Å². The maximum atomic E-state index is 12.7. The molecule has 1 fully saturated rings. The van der Waals surface area contributed by atoms with Crippen molar-refractivity contribution in [3.8, 4) is 28.0 Å². The Morgan fingerprint density at radius 1 is 0.804 bits per heavy atom. The number of hydrogen-bond donors (Lipinski definition) is 8. The van der Waals surface area contributed by atoms with Gasteiger partial charge in [0.2, 0.25) is 11.8 Å². The number of nitrogens with one attached hydrogen (secondary N) is 2. The molecule has 268 valence electrons. The van der Waals surface area contributed by atoms with E-state index in [-0.39, 0.29) is 18.8 Å². The third-order valence-corrected chi connectivity index (χ3v) is 8.66. The molecule has 5 rings (SSSR count). The Morgan fingerprint density at radius 3 is 1.92 bits per heavy atom. The van der Waals surface area contributed by atoms with Crippen molar-refractivity contribution in [3.63, 3.8) is 0 Å². The molecule has 0 spiro atoms. The van der Waals surface area contributed by atoms with Gasteiger partial charge in [0, 0.05) is 13.0 Å². The summed E-state index contributed by atoms with van der Waals surface area (Å²) in [7, 11) is 0. The molecule has 0 saturated carbocycles. The number of phenols is 1. The number of carbonyl (C=O) groups excluding carboxylic acids is 2. The van der Waals surface area contributed by atoms with E-state index in [0.717, 1.165) is 22.3 Å². The SMILES string of the molecule is O=C(Cc1ccc(-c2ccc(O)cc2)cc1)NC[C@@H](O)[C@@H](O)C1O[C@@](OCc2ccc(-c3ccccc3)cc2)(C(=O)O)C[C@H](O)[C@H]1NC(=O)CO. The molecular weight excluding hydrogens is 660 g/mol. The average Bonchev–Trinajstić information content (AvgIpc) is 3.14. The Labute approximate surface area is 293 Å². The molecule has 51 heavy (non-hydrogen) atoms. The number of aromatic hydroxyl groups is 1. The Kier molecular flexibility index (Phi) is 12.2. The fraction of sp³-hybridized carbons (Fsp3) is 0.289. The second kappa shape index (κ2) is 16.7. The number of aliphatic carboxylic acids is 1. The van der Waals surface area contributed by atoms with Gasteiger partial charge in [-0.2, -0.15) is 0 Å². The van der Waals surface area contributed by atoms with E-state index in [1.807, 2.05) is 54.6 Å². The number of benzene rings is 4. The number of carboxylic acid groups (broad SMARTS) is 1. The minimum atomic E-state index is -2.50. The zero-order valence-corrected chi connectivity index (χ0v) is 27.5. The summed E-state index contributed by atoms with van der Waals surface area (Å²) in [5.74, 6) is -5.41. The predicted molar refractivity (Wildman–Crippen MR) is 184 cm³/mol. The van der Waals surface area contributed by atoms with Crippen LogP contribution in [0.25, 0.3) is 22.3 Å². The summed E-state index contributed by atoms with van der Waals surface area (Å²) in [6.45, 7) is -1.73. The zero-order valence-electron chi connectivity index (χ0n) is 27.5. The molecule has 2 amide bonds. The van der Waals surface area contributed by atoms with Crippen molar-refractivity contribution in [2.75, 3.05) is 13.2 Å². The van der Waals surface area contributed by atoms with E-state index < -0.39 is 73.6 Å². The van der Waals surface area contributed by atoms with Crippen molar-refractivity contribution >= 4 is 17.8 Å². The van der Waals surface area contributed by atoms with Crippen LogP contribution in [0.1, 0.15) is 17.5 Å². The van der Waals surface area contributed by atoms with Crippen LogP contribution >= 0.6 is 0 Å². The van der Waals surface area contributed by atoms with Crippen LogP contribution < -0.4 is 10.6 Å². The van der Waals surface area contributed by atoms with Gasteiger partial charge in [-0.25, -0.2) is 4.79 Å². The standard InChI is InChI=1S/C38H40N2O11/c41-21-33(46)40-34-30(43)19-38(37(48)49,50-22-24-8-12-26(13-9-24)25-4-2-1-3-5-25)51-36(34)35(47)31(44)20-39-32(45)18-23-6-10-27(11-7-23)28-14-16-29(42)17-15-28/h1-17,30-31,34-36,41-44,47H,18-22H2,(H,39,45)(H,40,46)(H,48,49)/t30-,31+,34+,35+,36?,38+/m0/s1. The van der Waals surface area contributed by atoms with E-state index >= 15 is 0 Å². The Bertz CT molecular complexity index is 1770. The molecule has 13 heteroatoms. The fourth-order valence-electron chi connectivity index (χ4n) is 5.85. The first-order valence-corrected chi connectivity index (χ1v) is 16.3. The second-order valence-corrected chi connectivity index (χ2v) is 12.3. The molecule has 13 nitrogen and oxygen atoms in total. The van der Waals surface area contributed by atoms with Crippen molar-refractivity contribution in [1.29, 1.82) is 0 Å². The third kappa shape index (κ3) is 9.35. The van der Waals surface area contributed by atoms with Crippen LogP contribution in [-0.4, -0.2) is 97.8 Å². The highest BCUT2D eigenvalue weighted by molar-refractivity contribution is 5.79. The van der Waals surface area contributed by atoms with Crippen molar-refractivity contribution in [2.45, 2.75) is 55.7 Å². The van der Waals surface area contributed by atoms with Gasteiger partial charge >= 0.3 is 5.97 Å².